The van der Waals surface area contributed by atoms with Crippen molar-refractivity contribution in [3.63, 3.8) is 0 Å². The maximum Gasteiger partial charge on any atom is 0.410 e. The third-order valence-corrected chi connectivity index (χ3v) is 3.95. The first-order chi connectivity index (χ1) is 11.3. The molecule has 0 aliphatic carbocycles. The molecule has 1 aliphatic rings. The lowest BCUT2D eigenvalue weighted by Crippen LogP contribution is -2.50. The Morgan fingerprint density at radius 2 is 1.88 bits per heavy atom. The van der Waals surface area contributed by atoms with Crippen LogP contribution in [0, 0.1) is 6.92 Å². The predicted molar refractivity (Wildman–Crippen MR) is 94.3 cm³/mol. The Bertz CT molecular complexity index is 746. The van der Waals surface area contributed by atoms with E-state index in [9.17, 15) is 4.79 Å². The third kappa shape index (κ3) is 3.75. The van der Waals surface area contributed by atoms with Crippen molar-refractivity contribution in [3.05, 3.63) is 30.1 Å². The van der Waals surface area contributed by atoms with Gasteiger partial charge in [-0.15, -0.1) is 0 Å². The van der Waals surface area contributed by atoms with Gasteiger partial charge in [0, 0.05) is 43.5 Å². The highest BCUT2D eigenvalue weighted by atomic mass is 16.6. The normalized spacial score (nSPS) is 15.7. The minimum absolute atomic E-state index is 0.240. The Balaban J connectivity index is 1.67. The summed E-state index contributed by atoms with van der Waals surface area (Å²) in [5.41, 5.74) is 1.46. The molecule has 0 spiro atoms. The van der Waals surface area contributed by atoms with E-state index >= 15 is 0 Å². The monoisotopic (exact) mass is 328 g/mol. The molecule has 0 bridgehead atoms. The first-order valence-corrected chi connectivity index (χ1v) is 8.28. The van der Waals surface area contributed by atoms with Crippen LogP contribution < -0.4 is 4.90 Å². The summed E-state index contributed by atoms with van der Waals surface area (Å²) in [5.74, 6) is 0.942. The molecule has 0 unspecified atom stereocenters. The fraction of sp³-hybridized carbons (Fsp3) is 0.500. The average molecular weight is 328 g/mol. The van der Waals surface area contributed by atoms with Crippen molar-refractivity contribution in [2.45, 2.75) is 33.3 Å². The molecule has 3 heterocycles. The van der Waals surface area contributed by atoms with Crippen molar-refractivity contribution in [3.8, 4) is 0 Å². The first kappa shape index (κ1) is 16.5. The van der Waals surface area contributed by atoms with Gasteiger partial charge in [0.1, 0.15) is 11.4 Å². The molecule has 1 aliphatic heterocycles. The minimum atomic E-state index is -0.458. The van der Waals surface area contributed by atoms with E-state index in [0.717, 1.165) is 35.5 Å². The Hall–Kier alpha value is -2.37. The fourth-order valence-electron chi connectivity index (χ4n) is 2.73. The van der Waals surface area contributed by atoms with Crippen LogP contribution in [-0.4, -0.2) is 52.7 Å². The number of hydrogen-bond donors (Lipinski definition) is 0. The first-order valence-electron chi connectivity index (χ1n) is 8.28. The van der Waals surface area contributed by atoms with E-state index in [1.54, 1.807) is 4.90 Å². The van der Waals surface area contributed by atoms with Crippen molar-refractivity contribution in [1.29, 1.82) is 0 Å². The second-order valence-electron chi connectivity index (χ2n) is 7.14. The molecule has 0 N–H and O–H groups in total. The predicted octanol–water partition coefficient (Wildman–Crippen LogP) is 3.00. The molecular weight excluding hydrogens is 304 g/mol. The third-order valence-electron chi connectivity index (χ3n) is 3.95. The van der Waals surface area contributed by atoms with Gasteiger partial charge in [-0.05, 0) is 45.9 Å². The summed E-state index contributed by atoms with van der Waals surface area (Å²) in [6.45, 7) is 10.4. The minimum Gasteiger partial charge on any atom is -0.444 e. The van der Waals surface area contributed by atoms with Crippen LogP contribution in [0.25, 0.3) is 10.9 Å². The van der Waals surface area contributed by atoms with Crippen LogP contribution in [0.15, 0.2) is 24.4 Å². The molecule has 1 amide bonds. The maximum absolute atomic E-state index is 12.1. The largest absolute Gasteiger partial charge is 0.444 e. The van der Waals surface area contributed by atoms with Crippen molar-refractivity contribution < 1.29 is 9.53 Å². The number of fused-ring (bicyclic) bond motifs is 1. The van der Waals surface area contributed by atoms with Gasteiger partial charge in [-0.25, -0.2) is 9.78 Å². The van der Waals surface area contributed by atoms with Crippen molar-refractivity contribution in [1.82, 2.24) is 14.9 Å². The number of piperazine rings is 1. The molecule has 2 aromatic rings. The van der Waals surface area contributed by atoms with Gasteiger partial charge in [-0.1, -0.05) is 0 Å². The van der Waals surface area contributed by atoms with Gasteiger partial charge in [0.05, 0.1) is 5.52 Å². The average Bonchev–Trinajstić information content (AvgIpc) is 2.52. The number of ether oxygens (including phenoxy) is 1. The number of anilines is 1. The molecule has 0 atom stereocenters. The van der Waals surface area contributed by atoms with Gasteiger partial charge < -0.3 is 14.5 Å². The molecule has 0 aromatic carbocycles. The van der Waals surface area contributed by atoms with Gasteiger partial charge in [0.2, 0.25) is 0 Å². The van der Waals surface area contributed by atoms with E-state index in [-0.39, 0.29) is 6.09 Å². The molecular formula is C18H24N4O2. The van der Waals surface area contributed by atoms with Gasteiger partial charge in [-0.3, -0.25) is 4.98 Å². The summed E-state index contributed by atoms with van der Waals surface area (Å²) in [4.78, 5) is 25.1. The number of nitrogens with zero attached hydrogens (tertiary/aromatic N) is 4. The Kier molecular flexibility index (Phi) is 4.30. The number of rotatable bonds is 1. The quantitative estimate of drug-likeness (QED) is 0.805. The van der Waals surface area contributed by atoms with Crippen LogP contribution in [0.1, 0.15) is 26.5 Å². The zero-order valence-corrected chi connectivity index (χ0v) is 14.7. The lowest BCUT2D eigenvalue weighted by atomic mass is 10.2. The molecule has 0 saturated carbocycles. The lowest BCUT2D eigenvalue weighted by molar-refractivity contribution is 0.0240. The number of carbonyl (C=O) groups is 1. The van der Waals surface area contributed by atoms with Crippen LogP contribution in [0.4, 0.5) is 10.6 Å². The molecule has 1 fully saturated rings. The van der Waals surface area contributed by atoms with Crippen LogP contribution in [-0.2, 0) is 4.74 Å². The Morgan fingerprint density at radius 3 is 2.54 bits per heavy atom. The smallest absolute Gasteiger partial charge is 0.410 e. The van der Waals surface area contributed by atoms with Gasteiger partial charge >= 0.3 is 6.09 Å². The lowest BCUT2D eigenvalue weighted by Gasteiger charge is -2.36. The summed E-state index contributed by atoms with van der Waals surface area (Å²) in [6, 6.07) is 6.06. The molecule has 0 radical (unpaired) electrons. The molecule has 6 nitrogen and oxygen atoms in total. The zero-order chi connectivity index (χ0) is 17.3. The van der Waals surface area contributed by atoms with Crippen molar-refractivity contribution in [2.24, 2.45) is 0 Å². The summed E-state index contributed by atoms with van der Waals surface area (Å²) < 4.78 is 5.43. The van der Waals surface area contributed by atoms with E-state index in [2.05, 4.69) is 9.88 Å². The van der Waals surface area contributed by atoms with Crippen molar-refractivity contribution >= 4 is 22.8 Å². The van der Waals surface area contributed by atoms with Gasteiger partial charge in [-0.2, -0.15) is 0 Å². The number of aryl methyl sites for hydroxylation is 1. The number of pyridine rings is 2. The topological polar surface area (TPSA) is 58.6 Å². The summed E-state index contributed by atoms with van der Waals surface area (Å²) in [6.07, 6.45) is 1.61. The molecule has 1 saturated heterocycles. The molecule has 128 valence electrons. The van der Waals surface area contributed by atoms with Gasteiger partial charge in [0.25, 0.3) is 0 Å². The second kappa shape index (κ2) is 6.26. The Labute approximate surface area is 142 Å². The van der Waals surface area contributed by atoms with E-state index in [0.29, 0.717) is 13.1 Å². The van der Waals surface area contributed by atoms with E-state index < -0.39 is 5.60 Å². The molecule has 2 aromatic heterocycles. The van der Waals surface area contributed by atoms with E-state index in [4.69, 9.17) is 9.72 Å². The highest BCUT2D eigenvalue weighted by molar-refractivity contribution is 5.79. The van der Waals surface area contributed by atoms with E-state index in [1.807, 2.05) is 52.1 Å². The number of aromatic nitrogens is 2. The summed E-state index contributed by atoms with van der Waals surface area (Å²) >= 11 is 0. The maximum atomic E-state index is 12.1. The highest BCUT2D eigenvalue weighted by Gasteiger charge is 2.26. The summed E-state index contributed by atoms with van der Waals surface area (Å²) in [5, 5.41) is 1.04. The van der Waals surface area contributed by atoms with Crippen LogP contribution in [0.2, 0.25) is 0 Å². The molecule has 3 rings (SSSR count). The van der Waals surface area contributed by atoms with Crippen LogP contribution in [0.3, 0.4) is 0 Å². The standard InChI is InChI=1S/C18H24N4O2/c1-13-11-15-14(12-19-13)5-6-16(20-15)21-7-9-22(10-8-21)17(23)24-18(2,3)4/h5-6,11-12H,7-10H2,1-4H3. The van der Waals surface area contributed by atoms with Crippen molar-refractivity contribution in [2.75, 3.05) is 31.1 Å². The Morgan fingerprint density at radius 1 is 1.17 bits per heavy atom. The number of amides is 1. The second-order valence-corrected chi connectivity index (χ2v) is 7.14. The zero-order valence-electron chi connectivity index (χ0n) is 14.7. The number of hydrogen-bond acceptors (Lipinski definition) is 5. The number of carbonyl (C=O) groups excluding carboxylic acids is 1. The SMILES string of the molecule is Cc1cc2nc(N3CCN(C(=O)OC(C)(C)C)CC3)ccc2cn1. The molecule has 6 heteroatoms. The van der Waals surface area contributed by atoms with E-state index in [1.165, 1.54) is 0 Å². The molecule has 24 heavy (non-hydrogen) atoms. The summed E-state index contributed by atoms with van der Waals surface area (Å²) in [7, 11) is 0. The fourth-order valence-corrected chi connectivity index (χ4v) is 2.73. The van der Waals surface area contributed by atoms with Gasteiger partial charge in [0.15, 0.2) is 0 Å². The highest BCUT2D eigenvalue weighted by Crippen LogP contribution is 2.20. The van der Waals surface area contributed by atoms with Crippen LogP contribution >= 0.6 is 0 Å². The van der Waals surface area contributed by atoms with Crippen LogP contribution in [0.5, 0.6) is 0 Å².